The van der Waals surface area contributed by atoms with E-state index in [9.17, 15) is 5.11 Å². The maximum absolute atomic E-state index is 9.89. The van der Waals surface area contributed by atoms with Crippen molar-refractivity contribution in [3.8, 4) is 0 Å². The standard InChI is InChI=1S/C8H17NOS/c1-6(5-9)8(10)3-7(4-8)11-2/h6-7,10H,3-5,9H2,1-2H3. The fourth-order valence-corrected chi connectivity index (χ4v) is 2.43. The van der Waals surface area contributed by atoms with Crippen molar-refractivity contribution in [2.45, 2.75) is 30.6 Å². The minimum absolute atomic E-state index is 0.255. The van der Waals surface area contributed by atoms with E-state index in [1.807, 2.05) is 18.7 Å². The molecule has 1 aliphatic carbocycles. The van der Waals surface area contributed by atoms with Gasteiger partial charge < -0.3 is 10.8 Å². The lowest BCUT2D eigenvalue weighted by Crippen LogP contribution is -2.52. The van der Waals surface area contributed by atoms with Gasteiger partial charge in [-0.3, -0.25) is 0 Å². The molecule has 2 nitrogen and oxygen atoms in total. The molecule has 1 atom stereocenters. The Morgan fingerprint density at radius 2 is 2.27 bits per heavy atom. The molecule has 0 amide bonds. The molecule has 1 saturated carbocycles. The minimum Gasteiger partial charge on any atom is -0.389 e. The van der Waals surface area contributed by atoms with Crippen molar-refractivity contribution in [2.24, 2.45) is 11.7 Å². The maximum atomic E-state index is 9.89. The lowest BCUT2D eigenvalue weighted by Gasteiger charge is -2.46. The number of hydrogen-bond donors (Lipinski definition) is 2. The van der Waals surface area contributed by atoms with Crippen molar-refractivity contribution >= 4 is 11.8 Å². The van der Waals surface area contributed by atoms with Crippen LogP contribution in [0.5, 0.6) is 0 Å². The summed E-state index contributed by atoms with van der Waals surface area (Å²) in [7, 11) is 0. The summed E-state index contributed by atoms with van der Waals surface area (Å²) in [6.45, 7) is 2.62. The Morgan fingerprint density at radius 1 is 1.73 bits per heavy atom. The summed E-state index contributed by atoms with van der Waals surface area (Å²) < 4.78 is 0. The third kappa shape index (κ3) is 1.71. The molecule has 0 aromatic carbocycles. The Labute approximate surface area is 72.5 Å². The molecule has 0 aromatic rings. The summed E-state index contributed by atoms with van der Waals surface area (Å²) >= 11 is 1.84. The molecular formula is C8H17NOS. The Balaban J connectivity index is 2.36. The molecule has 11 heavy (non-hydrogen) atoms. The smallest absolute Gasteiger partial charge is 0.0706 e. The molecule has 0 heterocycles. The van der Waals surface area contributed by atoms with Gasteiger partial charge >= 0.3 is 0 Å². The van der Waals surface area contributed by atoms with E-state index in [0.29, 0.717) is 11.8 Å². The highest BCUT2D eigenvalue weighted by molar-refractivity contribution is 7.99. The van der Waals surface area contributed by atoms with Crippen LogP contribution in [-0.2, 0) is 0 Å². The molecule has 1 rings (SSSR count). The quantitative estimate of drug-likeness (QED) is 0.668. The van der Waals surface area contributed by atoms with Crippen LogP contribution < -0.4 is 5.73 Å². The molecule has 3 heteroatoms. The predicted octanol–water partition coefficient (Wildman–Crippen LogP) is 0.838. The Morgan fingerprint density at radius 3 is 2.64 bits per heavy atom. The molecule has 0 aliphatic heterocycles. The molecule has 1 aliphatic rings. The van der Waals surface area contributed by atoms with Crippen molar-refractivity contribution in [2.75, 3.05) is 12.8 Å². The van der Waals surface area contributed by atoms with E-state index >= 15 is 0 Å². The van der Waals surface area contributed by atoms with Crippen LogP contribution in [0.3, 0.4) is 0 Å². The van der Waals surface area contributed by atoms with Crippen LogP contribution in [0, 0.1) is 5.92 Å². The second kappa shape index (κ2) is 3.33. The van der Waals surface area contributed by atoms with E-state index in [-0.39, 0.29) is 5.92 Å². The van der Waals surface area contributed by atoms with Gasteiger partial charge in [0.25, 0.3) is 0 Å². The van der Waals surface area contributed by atoms with Gasteiger partial charge in [0.1, 0.15) is 0 Å². The lowest BCUT2D eigenvalue weighted by molar-refractivity contribution is -0.0700. The average molecular weight is 175 g/mol. The van der Waals surface area contributed by atoms with Gasteiger partial charge in [0, 0.05) is 5.25 Å². The van der Waals surface area contributed by atoms with Gasteiger partial charge in [0.2, 0.25) is 0 Å². The van der Waals surface area contributed by atoms with Crippen LogP contribution in [-0.4, -0.2) is 28.8 Å². The number of aliphatic hydroxyl groups is 1. The largest absolute Gasteiger partial charge is 0.389 e. The van der Waals surface area contributed by atoms with E-state index in [1.54, 1.807) is 0 Å². The summed E-state index contributed by atoms with van der Waals surface area (Å²) in [5, 5.41) is 10.5. The lowest BCUT2D eigenvalue weighted by atomic mass is 9.71. The first-order valence-corrected chi connectivity index (χ1v) is 5.36. The number of hydrogen-bond acceptors (Lipinski definition) is 3. The van der Waals surface area contributed by atoms with Gasteiger partial charge in [-0.05, 0) is 31.6 Å². The highest BCUT2D eigenvalue weighted by Gasteiger charge is 2.45. The summed E-state index contributed by atoms with van der Waals surface area (Å²) in [6, 6.07) is 0. The van der Waals surface area contributed by atoms with Gasteiger partial charge in [0.15, 0.2) is 0 Å². The molecule has 0 aromatic heterocycles. The van der Waals surface area contributed by atoms with Crippen LogP contribution in [0.1, 0.15) is 19.8 Å². The summed E-state index contributed by atoms with van der Waals surface area (Å²) in [6.07, 6.45) is 3.94. The van der Waals surface area contributed by atoms with E-state index in [2.05, 4.69) is 6.26 Å². The second-order valence-electron chi connectivity index (χ2n) is 3.51. The van der Waals surface area contributed by atoms with Crippen LogP contribution >= 0.6 is 11.8 Å². The van der Waals surface area contributed by atoms with Gasteiger partial charge in [-0.15, -0.1) is 0 Å². The molecule has 3 N–H and O–H groups in total. The second-order valence-corrected chi connectivity index (χ2v) is 4.64. The molecule has 66 valence electrons. The molecule has 0 radical (unpaired) electrons. The van der Waals surface area contributed by atoms with Gasteiger partial charge in [0.05, 0.1) is 5.60 Å². The highest BCUT2D eigenvalue weighted by atomic mass is 32.2. The van der Waals surface area contributed by atoms with E-state index in [4.69, 9.17) is 5.73 Å². The van der Waals surface area contributed by atoms with Gasteiger partial charge in [-0.2, -0.15) is 11.8 Å². The van der Waals surface area contributed by atoms with E-state index < -0.39 is 5.60 Å². The zero-order valence-corrected chi connectivity index (χ0v) is 8.03. The van der Waals surface area contributed by atoms with Crippen LogP contribution in [0.4, 0.5) is 0 Å². The first-order chi connectivity index (χ1) is 5.12. The zero-order valence-electron chi connectivity index (χ0n) is 7.21. The minimum atomic E-state index is -0.442. The van der Waals surface area contributed by atoms with Crippen molar-refractivity contribution in [3.63, 3.8) is 0 Å². The summed E-state index contributed by atoms with van der Waals surface area (Å²) in [4.78, 5) is 0. The zero-order chi connectivity index (χ0) is 8.48. The molecule has 0 bridgehead atoms. The number of rotatable bonds is 3. The molecular weight excluding hydrogens is 158 g/mol. The first-order valence-electron chi connectivity index (χ1n) is 4.07. The molecule has 1 unspecified atom stereocenters. The van der Waals surface area contributed by atoms with Crippen LogP contribution in [0.15, 0.2) is 0 Å². The third-order valence-corrected chi connectivity index (χ3v) is 3.77. The Hall–Kier alpha value is 0.270. The first kappa shape index (κ1) is 9.36. The fourth-order valence-electron chi connectivity index (χ4n) is 1.52. The third-order valence-electron chi connectivity index (χ3n) is 2.77. The average Bonchev–Trinajstić information content (AvgIpc) is 1.96. The Kier molecular flexibility index (Phi) is 2.84. The van der Waals surface area contributed by atoms with Gasteiger partial charge in [-0.25, -0.2) is 0 Å². The monoisotopic (exact) mass is 175 g/mol. The molecule has 0 saturated heterocycles. The van der Waals surface area contributed by atoms with Crippen molar-refractivity contribution in [1.82, 2.24) is 0 Å². The van der Waals surface area contributed by atoms with E-state index in [0.717, 1.165) is 12.8 Å². The number of nitrogens with two attached hydrogens (primary N) is 1. The SMILES string of the molecule is CSC1CC(O)(C(C)CN)C1. The van der Waals surface area contributed by atoms with Gasteiger partial charge in [-0.1, -0.05) is 6.92 Å². The predicted molar refractivity (Wildman–Crippen MR) is 49.7 cm³/mol. The van der Waals surface area contributed by atoms with Crippen molar-refractivity contribution in [1.29, 1.82) is 0 Å². The Bertz CT molecular complexity index is 134. The van der Waals surface area contributed by atoms with E-state index in [1.165, 1.54) is 0 Å². The van der Waals surface area contributed by atoms with Crippen LogP contribution in [0.25, 0.3) is 0 Å². The highest BCUT2D eigenvalue weighted by Crippen LogP contribution is 2.43. The van der Waals surface area contributed by atoms with Crippen molar-refractivity contribution in [3.05, 3.63) is 0 Å². The maximum Gasteiger partial charge on any atom is 0.0706 e. The number of thioether (sulfide) groups is 1. The topological polar surface area (TPSA) is 46.2 Å². The summed E-state index contributed by atoms with van der Waals surface area (Å²) in [5.41, 5.74) is 5.05. The summed E-state index contributed by atoms with van der Waals surface area (Å²) in [5.74, 6) is 0.255. The fraction of sp³-hybridized carbons (Fsp3) is 1.00. The van der Waals surface area contributed by atoms with Crippen molar-refractivity contribution < 1.29 is 5.11 Å². The normalized spacial score (nSPS) is 39.8. The van der Waals surface area contributed by atoms with Crippen LogP contribution in [0.2, 0.25) is 0 Å². The molecule has 1 fully saturated rings. The molecule has 0 spiro atoms.